The molecule has 2 aliphatic heterocycles. The Morgan fingerprint density at radius 3 is 2.79 bits per heavy atom. The highest BCUT2D eigenvalue weighted by atomic mass is 16.5. The fourth-order valence-corrected chi connectivity index (χ4v) is 4.33. The zero-order chi connectivity index (χ0) is 26.8. The monoisotopic (exact) mass is 509 g/mol. The maximum Gasteiger partial charge on any atom is 0.322 e. The van der Waals surface area contributed by atoms with Crippen molar-refractivity contribution in [1.29, 1.82) is 5.26 Å². The molecule has 4 amide bonds. The van der Waals surface area contributed by atoms with Crippen LogP contribution in [0.3, 0.4) is 0 Å². The molecule has 0 spiro atoms. The van der Waals surface area contributed by atoms with Gasteiger partial charge in [0, 0.05) is 48.0 Å². The quantitative estimate of drug-likeness (QED) is 0.513. The summed E-state index contributed by atoms with van der Waals surface area (Å²) in [5.41, 5.74) is 4.43. The lowest BCUT2D eigenvalue weighted by atomic mass is 10.1. The SMILES string of the molecule is COc1ccc2c(c1)C(=O)N(C)C2.N#CC1=CCC=CC(c2cc3oc(C4NC(=O)NC4=O)cc3cn2)=C1. The van der Waals surface area contributed by atoms with Crippen molar-refractivity contribution >= 4 is 34.4 Å². The summed E-state index contributed by atoms with van der Waals surface area (Å²) in [6, 6.07) is 9.81. The first-order valence-corrected chi connectivity index (χ1v) is 11.8. The van der Waals surface area contributed by atoms with E-state index in [1.165, 1.54) is 0 Å². The number of imide groups is 1. The topological polar surface area (TPSA) is 138 Å². The van der Waals surface area contributed by atoms with Gasteiger partial charge in [-0.1, -0.05) is 24.3 Å². The summed E-state index contributed by atoms with van der Waals surface area (Å²) in [6.07, 6.45) is 9.80. The fraction of sp³-hybridized carbons (Fsp3) is 0.179. The number of carbonyl (C=O) groups is 3. The Kier molecular flexibility index (Phi) is 6.49. The number of allylic oxidation sites excluding steroid dienone is 6. The average Bonchev–Trinajstić information content (AvgIpc) is 3.50. The lowest BCUT2D eigenvalue weighted by Gasteiger charge is -2.04. The smallest absolute Gasteiger partial charge is 0.322 e. The number of amides is 4. The van der Waals surface area contributed by atoms with Crippen LogP contribution in [0, 0.1) is 11.3 Å². The number of pyridine rings is 1. The van der Waals surface area contributed by atoms with E-state index in [9.17, 15) is 14.4 Å². The number of carbonyl (C=O) groups excluding carboxylic acids is 3. The van der Waals surface area contributed by atoms with Gasteiger partial charge in [-0.15, -0.1) is 0 Å². The molecule has 0 bridgehead atoms. The molecule has 190 valence electrons. The van der Waals surface area contributed by atoms with Gasteiger partial charge < -0.3 is 19.4 Å². The molecule has 2 N–H and O–H groups in total. The third-order valence-corrected chi connectivity index (χ3v) is 6.29. The highest BCUT2D eigenvalue weighted by Crippen LogP contribution is 2.29. The minimum atomic E-state index is -0.839. The van der Waals surface area contributed by atoms with Gasteiger partial charge in [-0.2, -0.15) is 5.26 Å². The molecule has 2 aromatic heterocycles. The number of ether oxygens (including phenoxy) is 1. The average molecular weight is 510 g/mol. The zero-order valence-electron chi connectivity index (χ0n) is 20.6. The third-order valence-electron chi connectivity index (χ3n) is 6.29. The zero-order valence-corrected chi connectivity index (χ0v) is 20.6. The van der Waals surface area contributed by atoms with Crippen LogP contribution in [0.5, 0.6) is 5.75 Å². The molecular formula is C28H23N5O5. The van der Waals surface area contributed by atoms with E-state index in [4.69, 9.17) is 14.4 Å². The van der Waals surface area contributed by atoms with Crippen molar-refractivity contribution in [3.63, 3.8) is 0 Å². The van der Waals surface area contributed by atoms with Gasteiger partial charge in [0.05, 0.1) is 18.9 Å². The summed E-state index contributed by atoms with van der Waals surface area (Å²) < 4.78 is 10.8. The van der Waals surface area contributed by atoms with Gasteiger partial charge in [-0.05, 0) is 36.3 Å². The largest absolute Gasteiger partial charge is 0.497 e. The van der Waals surface area contributed by atoms with E-state index in [-0.39, 0.29) is 5.91 Å². The normalized spacial score (nSPS) is 18.0. The van der Waals surface area contributed by atoms with Crippen LogP contribution in [0.2, 0.25) is 0 Å². The molecule has 0 saturated carbocycles. The van der Waals surface area contributed by atoms with Crippen molar-refractivity contribution in [1.82, 2.24) is 20.5 Å². The number of hydrogen-bond donors (Lipinski definition) is 2. The summed E-state index contributed by atoms with van der Waals surface area (Å²) >= 11 is 0. The van der Waals surface area contributed by atoms with E-state index in [1.54, 1.807) is 49.5 Å². The van der Waals surface area contributed by atoms with Crippen LogP contribution in [-0.4, -0.2) is 41.9 Å². The van der Waals surface area contributed by atoms with Crippen molar-refractivity contribution in [3.05, 3.63) is 89.0 Å². The van der Waals surface area contributed by atoms with Gasteiger partial charge in [-0.25, -0.2) is 4.79 Å². The number of nitriles is 1. The Bertz CT molecular complexity index is 1610. The first-order valence-electron chi connectivity index (χ1n) is 11.8. The summed E-state index contributed by atoms with van der Waals surface area (Å²) in [7, 11) is 3.40. The number of methoxy groups -OCH3 is 1. The van der Waals surface area contributed by atoms with Crippen LogP contribution >= 0.6 is 0 Å². The second kappa shape index (κ2) is 10.1. The molecule has 38 heavy (non-hydrogen) atoms. The van der Waals surface area contributed by atoms with Crippen molar-refractivity contribution in [2.24, 2.45) is 0 Å². The minimum absolute atomic E-state index is 0.0777. The molecule has 1 aliphatic carbocycles. The van der Waals surface area contributed by atoms with Crippen molar-refractivity contribution in [3.8, 4) is 11.8 Å². The molecule has 0 radical (unpaired) electrons. The molecule has 1 unspecified atom stereocenters. The second-order valence-corrected chi connectivity index (χ2v) is 8.85. The molecule has 1 aromatic carbocycles. The Labute approximate surface area is 217 Å². The number of furan rings is 1. The van der Waals surface area contributed by atoms with Gasteiger partial charge in [-0.3, -0.25) is 19.9 Å². The molecular weight excluding hydrogens is 486 g/mol. The molecule has 1 fully saturated rings. The molecule has 3 aromatic rings. The highest BCUT2D eigenvalue weighted by Gasteiger charge is 2.33. The van der Waals surface area contributed by atoms with Crippen LogP contribution in [0.25, 0.3) is 16.5 Å². The van der Waals surface area contributed by atoms with E-state index >= 15 is 0 Å². The number of urea groups is 1. The number of fused-ring (bicyclic) bond motifs is 2. The molecule has 3 aliphatic rings. The molecule has 6 rings (SSSR count). The number of rotatable bonds is 3. The van der Waals surface area contributed by atoms with Crippen LogP contribution < -0.4 is 15.4 Å². The van der Waals surface area contributed by atoms with Gasteiger partial charge in [0.25, 0.3) is 11.8 Å². The Hall–Kier alpha value is -5.17. The summed E-state index contributed by atoms with van der Waals surface area (Å²) in [4.78, 5) is 40.7. The maximum absolute atomic E-state index is 11.8. The van der Waals surface area contributed by atoms with Crippen LogP contribution in [0.1, 0.15) is 39.8 Å². The number of aromatic nitrogens is 1. The van der Waals surface area contributed by atoms with Gasteiger partial charge >= 0.3 is 6.03 Å². The first kappa shape index (κ1) is 24.5. The van der Waals surface area contributed by atoms with E-state index < -0.39 is 18.0 Å². The molecule has 4 heterocycles. The standard InChI is InChI=1S/C18H12N4O3.C10H11NO2/c19-8-10-3-1-2-4-11(5-10)13-7-14-12(9-20-13)6-15(25-14)16-17(23)22-18(24)21-16;1-11-6-7-3-4-8(13-2)5-9(7)10(11)12/h2-7,9,16H,1H2,(H2,21,22,23,24);3-5H,6H2,1-2H3. The van der Waals surface area contributed by atoms with Crippen molar-refractivity contribution in [2.75, 3.05) is 14.2 Å². The lowest BCUT2D eigenvalue weighted by molar-refractivity contribution is -0.120. The number of nitrogens with zero attached hydrogens (tertiary/aromatic N) is 3. The Morgan fingerprint density at radius 1 is 1.21 bits per heavy atom. The Balaban J connectivity index is 0.000000190. The number of benzene rings is 1. The summed E-state index contributed by atoms with van der Waals surface area (Å²) in [5, 5.41) is 14.5. The van der Waals surface area contributed by atoms with Crippen LogP contribution in [-0.2, 0) is 11.3 Å². The summed E-state index contributed by atoms with van der Waals surface area (Å²) in [5.74, 6) is 0.715. The van der Waals surface area contributed by atoms with Crippen LogP contribution in [0.15, 0.2) is 70.8 Å². The highest BCUT2D eigenvalue weighted by molar-refractivity contribution is 6.04. The van der Waals surface area contributed by atoms with Crippen molar-refractivity contribution in [2.45, 2.75) is 19.0 Å². The molecule has 10 heteroatoms. The van der Waals surface area contributed by atoms with Gasteiger partial charge in [0.1, 0.15) is 17.1 Å². The van der Waals surface area contributed by atoms with Crippen LogP contribution in [0.4, 0.5) is 4.79 Å². The minimum Gasteiger partial charge on any atom is -0.497 e. The predicted molar refractivity (Wildman–Crippen MR) is 138 cm³/mol. The number of nitrogens with one attached hydrogen (secondary N) is 2. The van der Waals surface area contributed by atoms with E-state index in [0.29, 0.717) is 35.6 Å². The summed E-state index contributed by atoms with van der Waals surface area (Å²) in [6.45, 7) is 0.707. The third kappa shape index (κ3) is 4.77. The van der Waals surface area contributed by atoms with E-state index in [2.05, 4.69) is 21.7 Å². The predicted octanol–water partition coefficient (Wildman–Crippen LogP) is 3.78. The number of hydrogen-bond acceptors (Lipinski definition) is 7. The molecule has 1 atom stereocenters. The maximum atomic E-state index is 11.8. The Morgan fingerprint density at radius 2 is 2.05 bits per heavy atom. The van der Waals surface area contributed by atoms with Crippen molar-refractivity contribution < 1.29 is 23.5 Å². The molecule has 1 saturated heterocycles. The van der Waals surface area contributed by atoms with Gasteiger partial charge in [0.15, 0.2) is 6.04 Å². The lowest BCUT2D eigenvalue weighted by Crippen LogP contribution is -2.22. The molecule has 10 nitrogen and oxygen atoms in total. The van der Waals surface area contributed by atoms with Gasteiger partial charge in [0.2, 0.25) is 0 Å². The fourth-order valence-electron chi connectivity index (χ4n) is 4.33. The van der Waals surface area contributed by atoms with E-state index in [0.717, 1.165) is 27.8 Å². The second-order valence-electron chi connectivity index (χ2n) is 8.85. The first-order chi connectivity index (χ1) is 18.4. The van der Waals surface area contributed by atoms with E-state index in [1.807, 2.05) is 30.4 Å².